The topological polar surface area (TPSA) is 55.1 Å². The van der Waals surface area contributed by atoms with Crippen LogP contribution in [0, 0.1) is 22.7 Å². The quantitative estimate of drug-likeness (QED) is 0.743. The number of carbonyl (C=O) groups is 1. The van der Waals surface area contributed by atoms with E-state index in [4.69, 9.17) is 5.73 Å². The molecule has 4 unspecified atom stereocenters. The second-order valence-corrected chi connectivity index (χ2v) is 11.2. The van der Waals surface area contributed by atoms with Gasteiger partial charge in [-0.2, -0.15) is 0 Å². The predicted octanol–water partition coefficient (Wildman–Crippen LogP) is 4.94. The fourth-order valence-electron chi connectivity index (χ4n) is 8.28. The highest BCUT2D eigenvalue weighted by molar-refractivity contribution is 5.84. The monoisotopic (exact) mass is 394 g/mol. The van der Waals surface area contributed by atoms with E-state index in [1.165, 1.54) is 44.1 Å². The maximum absolute atomic E-state index is 13.8. The zero-order chi connectivity index (χ0) is 20.1. The normalized spacial score (nSPS) is 43.3. The van der Waals surface area contributed by atoms with Crippen LogP contribution in [0.15, 0.2) is 30.3 Å². The highest BCUT2D eigenvalue weighted by Gasteiger charge is 2.65. The molecule has 4 atom stereocenters. The van der Waals surface area contributed by atoms with Crippen molar-refractivity contribution in [2.45, 2.75) is 89.0 Å². The molecule has 0 heterocycles. The predicted molar refractivity (Wildman–Crippen MR) is 117 cm³/mol. The number of benzene rings is 1. The number of hydrogen-bond donors (Lipinski definition) is 2. The van der Waals surface area contributed by atoms with E-state index in [-0.39, 0.29) is 10.8 Å². The molecule has 158 valence electrons. The fraction of sp³-hybridized carbons (Fsp3) is 0.731. The highest BCUT2D eigenvalue weighted by atomic mass is 16.2. The van der Waals surface area contributed by atoms with Crippen LogP contribution in [0.5, 0.6) is 0 Å². The van der Waals surface area contributed by atoms with Gasteiger partial charge in [-0.1, -0.05) is 43.7 Å². The highest BCUT2D eigenvalue weighted by Crippen LogP contribution is 2.71. The first kappa shape index (κ1) is 19.6. The van der Waals surface area contributed by atoms with E-state index in [0.29, 0.717) is 29.2 Å². The van der Waals surface area contributed by atoms with Gasteiger partial charge in [-0.05, 0) is 99.0 Å². The summed E-state index contributed by atoms with van der Waals surface area (Å²) in [5, 5.41) is 3.55. The van der Waals surface area contributed by atoms with E-state index in [1.807, 2.05) is 0 Å². The van der Waals surface area contributed by atoms with Crippen LogP contribution in [-0.4, -0.2) is 18.5 Å². The lowest BCUT2D eigenvalue weighted by molar-refractivity contribution is -0.164. The summed E-state index contributed by atoms with van der Waals surface area (Å²) in [6.07, 6.45) is 13.0. The third-order valence-corrected chi connectivity index (χ3v) is 9.32. The molecule has 0 aromatic heterocycles. The van der Waals surface area contributed by atoms with E-state index in [9.17, 15) is 4.79 Å². The molecule has 0 aliphatic heterocycles. The van der Waals surface area contributed by atoms with Crippen molar-refractivity contribution < 1.29 is 4.79 Å². The molecule has 5 fully saturated rings. The number of nitrogens with two attached hydrogens (primary N) is 1. The van der Waals surface area contributed by atoms with Gasteiger partial charge in [0.25, 0.3) is 0 Å². The van der Waals surface area contributed by atoms with E-state index in [1.54, 1.807) is 0 Å². The van der Waals surface area contributed by atoms with Crippen LogP contribution in [0.25, 0.3) is 0 Å². The largest absolute Gasteiger partial charge is 0.353 e. The minimum Gasteiger partial charge on any atom is -0.353 e. The van der Waals surface area contributed by atoms with Crippen LogP contribution in [0.1, 0.15) is 83.1 Å². The SMILES string of the molecule is CCC12CC3CC(C(=O)NC4CCC(CN)CC4)(C1)CC(c1ccccc1)(C3)C2. The van der Waals surface area contributed by atoms with Gasteiger partial charge >= 0.3 is 0 Å². The Bertz CT molecular complexity index is 755. The summed E-state index contributed by atoms with van der Waals surface area (Å²) in [5.74, 6) is 1.76. The van der Waals surface area contributed by atoms with Crippen molar-refractivity contribution in [3.05, 3.63) is 35.9 Å². The minimum atomic E-state index is -0.143. The molecule has 1 aromatic carbocycles. The molecule has 3 nitrogen and oxygen atoms in total. The van der Waals surface area contributed by atoms with Crippen molar-refractivity contribution in [3.63, 3.8) is 0 Å². The average Bonchev–Trinajstić information content (AvgIpc) is 2.74. The first-order chi connectivity index (χ1) is 14.0. The first-order valence-electron chi connectivity index (χ1n) is 12.1. The minimum absolute atomic E-state index is 0.143. The molecule has 5 aliphatic carbocycles. The van der Waals surface area contributed by atoms with Crippen LogP contribution < -0.4 is 11.1 Å². The molecule has 4 bridgehead atoms. The van der Waals surface area contributed by atoms with E-state index in [0.717, 1.165) is 38.6 Å². The van der Waals surface area contributed by atoms with Crippen molar-refractivity contribution in [3.8, 4) is 0 Å². The number of carbonyl (C=O) groups excluding carboxylic acids is 1. The first-order valence-corrected chi connectivity index (χ1v) is 12.1. The number of nitrogens with one attached hydrogen (secondary N) is 1. The second kappa shape index (κ2) is 7.11. The Balaban J connectivity index is 1.41. The molecule has 3 N–H and O–H groups in total. The van der Waals surface area contributed by atoms with Gasteiger partial charge in [0.1, 0.15) is 0 Å². The molecule has 29 heavy (non-hydrogen) atoms. The van der Waals surface area contributed by atoms with Crippen molar-refractivity contribution in [1.29, 1.82) is 0 Å². The molecule has 1 amide bonds. The standard InChI is InChI=1S/C26H38N2O/c1-2-24-12-20-13-25(16-24,21-6-4-3-5-7-21)18-26(14-20,17-24)23(29)28-22-10-8-19(15-27)9-11-22/h3-7,19-20,22H,2,8-18,27H2,1H3,(H,28,29). The van der Waals surface area contributed by atoms with Gasteiger partial charge in [0, 0.05) is 6.04 Å². The van der Waals surface area contributed by atoms with E-state index < -0.39 is 0 Å². The molecule has 1 aromatic rings. The third-order valence-electron chi connectivity index (χ3n) is 9.32. The Morgan fingerprint density at radius 1 is 1.03 bits per heavy atom. The summed E-state index contributed by atoms with van der Waals surface area (Å²) in [6.45, 7) is 3.16. The summed E-state index contributed by atoms with van der Waals surface area (Å²) in [7, 11) is 0. The van der Waals surface area contributed by atoms with Crippen LogP contribution in [-0.2, 0) is 10.2 Å². The average molecular weight is 395 g/mol. The fourth-order valence-corrected chi connectivity index (χ4v) is 8.28. The lowest BCUT2D eigenvalue weighted by atomic mass is 9.38. The Morgan fingerprint density at radius 3 is 2.48 bits per heavy atom. The Hall–Kier alpha value is -1.35. The lowest BCUT2D eigenvalue weighted by Crippen LogP contribution is -2.63. The molecule has 6 rings (SSSR count). The van der Waals surface area contributed by atoms with Crippen molar-refractivity contribution >= 4 is 5.91 Å². The Kier molecular flexibility index (Phi) is 4.81. The summed E-state index contributed by atoms with van der Waals surface area (Å²) >= 11 is 0. The van der Waals surface area contributed by atoms with Gasteiger partial charge in [0.15, 0.2) is 0 Å². The molecule has 3 heteroatoms. The van der Waals surface area contributed by atoms with Gasteiger partial charge in [0.05, 0.1) is 5.41 Å². The van der Waals surface area contributed by atoms with Crippen LogP contribution >= 0.6 is 0 Å². The van der Waals surface area contributed by atoms with Crippen LogP contribution in [0.4, 0.5) is 0 Å². The third kappa shape index (κ3) is 3.24. The Morgan fingerprint density at radius 2 is 1.79 bits per heavy atom. The van der Waals surface area contributed by atoms with Crippen LogP contribution in [0.2, 0.25) is 0 Å². The van der Waals surface area contributed by atoms with Crippen molar-refractivity contribution in [2.24, 2.45) is 28.4 Å². The molecule has 0 spiro atoms. The van der Waals surface area contributed by atoms with Crippen LogP contribution in [0.3, 0.4) is 0 Å². The number of amides is 1. The maximum atomic E-state index is 13.8. The lowest BCUT2D eigenvalue weighted by Gasteiger charge is -2.66. The van der Waals surface area contributed by atoms with Gasteiger partial charge in [0.2, 0.25) is 5.91 Å². The molecule has 5 aliphatic rings. The van der Waals surface area contributed by atoms with Gasteiger partial charge in [-0.15, -0.1) is 0 Å². The van der Waals surface area contributed by atoms with Crippen molar-refractivity contribution in [2.75, 3.05) is 6.54 Å². The number of rotatable bonds is 5. The molecule has 0 radical (unpaired) electrons. The second-order valence-electron chi connectivity index (χ2n) is 11.2. The molecular formula is C26H38N2O. The summed E-state index contributed by atoms with van der Waals surface area (Å²) in [5.41, 5.74) is 7.79. The van der Waals surface area contributed by atoms with Crippen molar-refractivity contribution in [1.82, 2.24) is 5.32 Å². The zero-order valence-electron chi connectivity index (χ0n) is 18.1. The van der Waals surface area contributed by atoms with E-state index in [2.05, 4.69) is 42.6 Å². The van der Waals surface area contributed by atoms with E-state index >= 15 is 0 Å². The zero-order valence-corrected chi connectivity index (χ0v) is 18.1. The molecular weight excluding hydrogens is 356 g/mol. The molecule has 0 saturated heterocycles. The van der Waals surface area contributed by atoms with Gasteiger partial charge < -0.3 is 11.1 Å². The number of hydrogen-bond acceptors (Lipinski definition) is 2. The summed E-state index contributed by atoms with van der Waals surface area (Å²) in [4.78, 5) is 13.8. The smallest absolute Gasteiger partial charge is 0.226 e. The molecule has 5 saturated carbocycles. The Labute approximate surface area is 176 Å². The summed E-state index contributed by atoms with van der Waals surface area (Å²) < 4.78 is 0. The summed E-state index contributed by atoms with van der Waals surface area (Å²) in [6, 6.07) is 11.5. The maximum Gasteiger partial charge on any atom is 0.226 e. The van der Waals surface area contributed by atoms with Gasteiger partial charge in [-0.3, -0.25) is 4.79 Å². The van der Waals surface area contributed by atoms with Gasteiger partial charge in [-0.25, -0.2) is 0 Å².